The van der Waals surface area contributed by atoms with Crippen molar-refractivity contribution in [2.24, 2.45) is 0 Å². The molecule has 0 amide bonds. The van der Waals surface area contributed by atoms with Crippen LogP contribution in [0.5, 0.6) is 11.5 Å². The number of benzene rings is 3. The topological polar surface area (TPSA) is 24.9 Å². The second kappa shape index (κ2) is 9.13. The maximum atomic E-state index is 5.58. The van der Waals surface area contributed by atoms with E-state index in [1.807, 2.05) is 0 Å². The van der Waals surface area contributed by atoms with Gasteiger partial charge in [0.05, 0.1) is 14.2 Å². The molecular formula is C28H34N2O2. The summed E-state index contributed by atoms with van der Waals surface area (Å²) in [7, 11) is 3.44. The molecule has 2 aliphatic rings. The minimum atomic E-state index is 0.406. The van der Waals surface area contributed by atoms with Gasteiger partial charge in [0.2, 0.25) is 0 Å². The van der Waals surface area contributed by atoms with Crippen LogP contribution in [0, 0.1) is 0 Å². The zero-order chi connectivity index (χ0) is 22.1. The first kappa shape index (κ1) is 21.3. The third kappa shape index (κ3) is 4.10. The van der Waals surface area contributed by atoms with Gasteiger partial charge in [0.15, 0.2) is 11.5 Å². The summed E-state index contributed by atoms with van der Waals surface area (Å²) in [5, 5.41) is 2.67. The zero-order valence-corrected chi connectivity index (χ0v) is 19.5. The van der Waals surface area contributed by atoms with Crippen molar-refractivity contribution >= 4 is 10.8 Å². The van der Waals surface area contributed by atoms with E-state index in [2.05, 4.69) is 71.3 Å². The summed E-state index contributed by atoms with van der Waals surface area (Å²) < 4.78 is 11.1. The molecule has 1 saturated heterocycles. The predicted octanol–water partition coefficient (Wildman–Crippen LogP) is 5.09. The molecule has 0 aliphatic carbocycles. The van der Waals surface area contributed by atoms with Gasteiger partial charge < -0.3 is 14.4 Å². The minimum Gasteiger partial charge on any atom is -0.493 e. The molecule has 2 heterocycles. The normalized spacial score (nSPS) is 21.6. The standard InChI is InChI=1S/C28H34N2O2/c1-20-26-18-28(32-3)27(31-2)17-24(26)11-15-30(20)25-12-14-29(19-25)13-10-21-8-9-22-6-4-5-7-23(22)16-21/h4-9,16-18,20,25H,10-15,19H2,1-3H3. The lowest BCUT2D eigenvalue weighted by atomic mass is 9.91. The fourth-order valence-electron chi connectivity index (χ4n) is 5.63. The molecule has 1 fully saturated rings. The first-order chi connectivity index (χ1) is 15.7. The summed E-state index contributed by atoms with van der Waals surface area (Å²) in [5.74, 6) is 1.68. The number of nitrogens with zero attached hydrogens (tertiary/aromatic N) is 2. The number of ether oxygens (including phenoxy) is 2. The smallest absolute Gasteiger partial charge is 0.161 e. The monoisotopic (exact) mass is 430 g/mol. The van der Waals surface area contributed by atoms with Crippen LogP contribution in [0.1, 0.15) is 36.1 Å². The molecule has 3 aromatic carbocycles. The first-order valence-electron chi connectivity index (χ1n) is 11.9. The van der Waals surface area contributed by atoms with E-state index in [0.717, 1.165) is 37.4 Å². The Bertz CT molecular complexity index is 1100. The van der Waals surface area contributed by atoms with Crippen molar-refractivity contribution in [2.45, 2.75) is 38.3 Å². The molecule has 4 heteroatoms. The molecule has 4 nitrogen and oxygen atoms in total. The lowest BCUT2D eigenvalue weighted by molar-refractivity contribution is 0.134. The van der Waals surface area contributed by atoms with E-state index in [1.165, 1.54) is 47.0 Å². The first-order valence-corrected chi connectivity index (χ1v) is 11.9. The molecule has 32 heavy (non-hydrogen) atoms. The van der Waals surface area contributed by atoms with Crippen molar-refractivity contribution in [1.82, 2.24) is 9.80 Å². The van der Waals surface area contributed by atoms with E-state index >= 15 is 0 Å². The van der Waals surface area contributed by atoms with Gasteiger partial charge in [-0.25, -0.2) is 0 Å². The Morgan fingerprint density at radius 1 is 0.906 bits per heavy atom. The summed E-state index contributed by atoms with van der Waals surface area (Å²) in [6.45, 7) is 6.97. The summed E-state index contributed by atoms with van der Waals surface area (Å²) in [5.41, 5.74) is 4.23. The van der Waals surface area contributed by atoms with Crippen molar-refractivity contribution in [1.29, 1.82) is 0 Å². The van der Waals surface area contributed by atoms with Crippen LogP contribution in [-0.4, -0.2) is 56.2 Å². The molecule has 2 atom stereocenters. The molecule has 3 aromatic rings. The van der Waals surface area contributed by atoms with E-state index < -0.39 is 0 Å². The van der Waals surface area contributed by atoms with Crippen LogP contribution in [0.15, 0.2) is 54.6 Å². The molecule has 168 valence electrons. The van der Waals surface area contributed by atoms with Gasteiger partial charge in [0.1, 0.15) is 0 Å². The van der Waals surface area contributed by atoms with E-state index in [1.54, 1.807) is 14.2 Å². The predicted molar refractivity (Wildman–Crippen MR) is 131 cm³/mol. The number of rotatable bonds is 6. The molecule has 2 aliphatic heterocycles. The molecule has 0 saturated carbocycles. The number of likely N-dealkylation sites (tertiary alicyclic amines) is 1. The Kier molecular flexibility index (Phi) is 6.07. The summed E-state index contributed by atoms with van der Waals surface area (Å²) in [6, 6.07) is 20.9. The van der Waals surface area contributed by atoms with Gasteiger partial charge in [-0.1, -0.05) is 42.5 Å². The number of hydrogen-bond donors (Lipinski definition) is 0. The lowest BCUT2D eigenvalue weighted by Gasteiger charge is -2.39. The van der Waals surface area contributed by atoms with Crippen molar-refractivity contribution < 1.29 is 9.47 Å². The van der Waals surface area contributed by atoms with Crippen LogP contribution in [-0.2, 0) is 12.8 Å². The van der Waals surface area contributed by atoms with Crippen LogP contribution < -0.4 is 9.47 Å². The van der Waals surface area contributed by atoms with Crippen LogP contribution in [0.3, 0.4) is 0 Å². The Labute approximate surface area is 191 Å². The van der Waals surface area contributed by atoms with E-state index in [-0.39, 0.29) is 0 Å². The van der Waals surface area contributed by atoms with Crippen LogP contribution in [0.25, 0.3) is 10.8 Å². The fourth-order valence-corrected chi connectivity index (χ4v) is 5.63. The Balaban J connectivity index is 1.22. The SMILES string of the molecule is COc1cc2c(cc1OC)C(C)N(C1CCN(CCc3ccc4ccccc4c3)C1)CC2. The Morgan fingerprint density at radius 2 is 1.69 bits per heavy atom. The van der Waals surface area contributed by atoms with Crippen molar-refractivity contribution in [3.05, 3.63) is 71.3 Å². The highest BCUT2D eigenvalue weighted by Crippen LogP contribution is 2.39. The van der Waals surface area contributed by atoms with Crippen LogP contribution in [0.4, 0.5) is 0 Å². The molecule has 0 spiro atoms. The molecular weight excluding hydrogens is 396 g/mol. The average Bonchev–Trinajstić information content (AvgIpc) is 3.31. The second-order valence-electron chi connectivity index (χ2n) is 9.24. The average molecular weight is 431 g/mol. The van der Waals surface area contributed by atoms with E-state index in [9.17, 15) is 0 Å². The number of hydrogen-bond acceptors (Lipinski definition) is 4. The summed E-state index contributed by atoms with van der Waals surface area (Å²) in [6.07, 6.45) is 3.45. The number of fused-ring (bicyclic) bond motifs is 2. The molecule has 0 radical (unpaired) electrons. The summed E-state index contributed by atoms with van der Waals surface area (Å²) >= 11 is 0. The van der Waals surface area contributed by atoms with Gasteiger partial charge in [-0.05, 0) is 72.3 Å². The van der Waals surface area contributed by atoms with Crippen molar-refractivity contribution in [3.63, 3.8) is 0 Å². The molecule has 0 bridgehead atoms. The van der Waals surface area contributed by atoms with Crippen molar-refractivity contribution in [2.75, 3.05) is 40.4 Å². The summed E-state index contributed by atoms with van der Waals surface area (Å²) in [4.78, 5) is 5.36. The molecule has 5 rings (SSSR count). The Morgan fingerprint density at radius 3 is 2.50 bits per heavy atom. The fraction of sp³-hybridized carbons (Fsp3) is 0.429. The quantitative estimate of drug-likeness (QED) is 0.544. The van der Waals surface area contributed by atoms with Crippen molar-refractivity contribution in [3.8, 4) is 11.5 Å². The number of methoxy groups -OCH3 is 2. The minimum absolute atomic E-state index is 0.406. The van der Waals surface area contributed by atoms with Gasteiger partial charge in [0, 0.05) is 31.7 Å². The molecule has 0 aromatic heterocycles. The highest BCUT2D eigenvalue weighted by molar-refractivity contribution is 5.82. The van der Waals surface area contributed by atoms with Gasteiger partial charge in [-0.3, -0.25) is 4.90 Å². The van der Waals surface area contributed by atoms with Gasteiger partial charge in [-0.15, -0.1) is 0 Å². The van der Waals surface area contributed by atoms with E-state index in [4.69, 9.17) is 9.47 Å². The maximum Gasteiger partial charge on any atom is 0.161 e. The van der Waals surface area contributed by atoms with E-state index in [0.29, 0.717) is 12.1 Å². The lowest BCUT2D eigenvalue weighted by Crippen LogP contribution is -2.43. The molecule has 2 unspecified atom stereocenters. The van der Waals surface area contributed by atoms with Gasteiger partial charge >= 0.3 is 0 Å². The molecule has 0 N–H and O–H groups in total. The van der Waals surface area contributed by atoms with Crippen LogP contribution in [0.2, 0.25) is 0 Å². The highest BCUT2D eigenvalue weighted by Gasteiger charge is 2.34. The highest BCUT2D eigenvalue weighted by atomic mass is 16.5. The largest absolute Gasteiger partial charge is 0.493 e. The van der Waals surface area contributed by atoms with Gasteiger partial charge in [-0.2, -0.15) is 0 Å². The third-order valence-electron chi connectivity index (χ3n) is 7.48. The second-order valence-corrected chi connectivity index (χ2v) is 9.24. The Hall–Kier alpha value is -2.56. The van der Waals surface area contributed by atoms with Gasteiger partial charge in [0.25, 0.3) is 0 Å². The van der Waals surface area contributed by atoms with Crippen LogP contribution >= 0.6 is 0 Å². The third-order valence-corrected chi connectivity index (χ3v) is 7.48. The maximum absolute atomic E-state index is 5.58. The zero-order valence-electron chi connectivity index (χ0n) is 19.5.